The summed E-state index contributed by atoms with van der Waals surface area (Å²) in [6.45, 7) is 2.28. The van der Waals surface area contributed by atoms with Crippen LogP contribution in [0.3, 0.4) is 0 Å². The van der Waals surface area contributed by atoms with Gasteiger partial charge in [-0.3, -0.25) is 4.31 Å². The highest BCUT2D eigenvalue weighted by Gasteiger charge is 2.31. The van der Waals surface area contributed by atoms with Gasteiger partial charge in [-0.05, 0) is 54.3 Å². The number of rotatable bonds is 4. The standard InChI is InChI=1S/C16H18N2O4S2/c1-2-12-3-5-14(6-4-12)24(21,22)18-10-9-13-11-15(23(17,19)20)7-8-16(13)18/h3-8,11H,2,9-10H2,1H3,(H2,17,19,20). The van der Waals surface area contributed by atoms with Gasteiger partial charge < -0.3 is 0 Å². The maximum atomic E-state index is 12.9. The van der Waals surface area contributed by atoms with Crippen molar-refractivity contribution in [2.45, 2.75) is 29.6 Å². The minimum absolute atomic E-state index is 0.00667. The summed E-state index contributed by atoms with van der Waals surface area (Å²) in [5.74, 6) is 0. The van der Waals surface area contributed by atoms with Crippen molar-refractivity contribution in [2.75, 3.05) is 10.8 Å². The lowest BCUT2D eigenvalue weighted by molar-refractivity contribution is 0.592. The van der Waals surface area contributed by atoms with E-state index in [1.807, 2.05) is 6.92 Å². The maximum Gasteiger partial charge on any atom is 0.264 e. The molecule has 0 radical (unpaired) electrons. The van der Waals surface area contributed by atoms with Gasteiger partial charge in [-0.25, -0.2) is 22.0 Å². The third-order valence-electron chi connectivity index (χ3n) is 4.15. The first-order valence-corrected chi connectivity index (χ1v) is 10.5. The van der Waals surface area contributed by atoms with Crippen LogP contribution in [-0.4, -0.2) is 23.4 Å². The van der Waals surface area contributed by atoms with Crippen LogP contribution in [0.5, 0.6) is 0 Å². The molecular weight excluding hydrogens is 348 g/mol. The molecule has 2 aromatic carbocycles. The average Bonchev–Trinajstić information content (AvgIpc) is 2.98. The number of nitrogens with zero attached hydrogens (tertiary/aromatic N) is 1. The van der Waals surface area contributed by atoms with Crippen LogP contribution in [0.15, 0.2) is 52.3 Å². The Labute approximate surface area is 142 Å². The summed E-state index contributed by atoms with van der Waals surface area (Å²) in [6, 6.07) is 11.1. The molecule has 0 atom stereocenters. The van der Waals surface area contributed by atoms with E-state index in [1.54, 1.807) is 24.3 Å². The first kappa shape index (κ1) is 16.9. The summed E-state index contributed by atoms with van der Waals surface area (Å²) in [7, 11) is -7.48. The monoisotopic (exact) mass is 366 g/mol. The lowest BCUT2D eigenvalue weighted by Gasteiger charge is -2.20. The Morgan fingerprint density at radius 1 is 1.00 bits per heavy atom. The molecule has 1 heterocycles. The molecular formula is C16H18N2O4S2. The lowest BCUT2D eigenvalue weighted by atomic mass is 10.2. The summed E-state index contributed by atoms with van der Waals surface area (Å²) in [4.78, 5) is 0.218. The van der Waals surface area contributed by atoms with Crippen LogP contribution in [0.4, 0.5) is 5.69 Å². The van der Waals surface area contributed by atoms with Crippen LogP contribution in [0.25, 0.3) is 0 Å². The van der Waals surface area contributed by atoms with Gasteiger partial charge in [-0.2, -0.15) is 0 Å². The molecule has 0 saturated carbocycles. The lowest BCUT2D eigenvalue weighted by Crippen LogP contribution is -2.29. The number of primary sulfonamides is 1. The molecule has 0 fully saturated rings. The molecule has 0 bridgehead atoms. The van der Waals surface area contributed by atoms with E-state index in [0.29, 0.717) is 17.7 Å². The number of hydrogen-bond donors (Lipinski definition) is 1. The molecule has 8 heteroatoms. The van der Waals surface area contributed by atoms with E-state index in [9.17, 15) is 16.8 Å². The molecule has 2 aromatic rings. The number of nitrogens with two attached hydrogens (primary N) is 1. The Bertz CT molecular complexity index is 981. The molecule has 0 amide bonds. The predicted octanol–water partition coefficient (Wildman–Crippen LogP) is 1.65. The van der Waals surface area contributed by atoms with E-state index in [0.717, 1.165) is 12.0 Å². The molecule has 24 heavy (non-hydrogen) atoms. The number of hydrogen-bond acceptors (Lipinski definition) is 4. The van der Waals surface area contributed by atoms with Gasteiger partial charge in [0.05, 0.1) is 15.5 Å². The SMILES string of the molecule is CCc1ccc(S(=O)(=O)N2CCc3cc(S(N)(=O)=O)ccc32)cc1. The summed E-state index contributed by atoms with van der Waals surface area (Å²) < 4.78 is 49.9. The quantitative estimate of drug-likeness (QED) is 0.889. The van der Waals surface area contributed by atoms with E-state index < -0.39 is 20.0 Å². The van der Waals surface area contributed by atoms with Crippen molar-refractivity contribution in [3.63, 3.8) is 0 Å². The molecule has 1 aliphatic heterocycles. The van der Waals surface area contributed by atoms with Crippen LogP contribution >= 0.6 is 0 Å². The molecule has 3 rings (SSSR count). The van der Waals surface area contributed by atoms with Crippen molar-refractivity contribution >= 4 is 25.7 Å². The summed E-state index contributed by atoms with van der Waals surface area (Å²) in [5.41, 5.74) is 2.23. The average molecular weight is 366 g/mol. The Kier molecular flexibility index (Phi) is 4.15. The van der Waals surface area contributed by atoms with Gasteiger partial charge >= 0.3 is 0 Å². The second kappa shape index (κ2) is 5.87. The molecule has 0 aliphatic carbocycles. The largest absolute Gasteiger partial charge is 0.266 e. The van der Waals surface area contributed by atoms with Crippen molar-refractivity contribution in [2.24, 2.45) is 5.14 Å². The van der Waals surface area contributed by atoms with Gasteiger partial charge in [0.15, 0.2) is 0 Å². The highest BCUT2D eigenvalue weighted by molar-refractivity contribution is 7.92. The number of anilines is 1. The van der Waals surface area contributed by atoms with Gasteiger partial charge in [0.2, 0.25) is 10.0 Å². The minimum Gasteiger partial charge on any atom is -0.266 e. The van der Waals surface area contributed by atoms with E-state index in [1.165, 1.54) is 22.5 Å². The van der Waals surface area contributed by atoms with Crippen molar-refractivity contribution in [1.82, 2.24) is 0 Å². The summed E-state index contributed by atoms with van der Waals surface area (Å²) in [5, 5.41) is 5.13. The minimum atomic E-state index is -3.81. The Morgan fingerprint density at radius 3 is 2.21 bits per heavy atom. The maximum absolute atomic E-state index is 12.9. The molecule has 6 nitrogen and oxygen atoms in total. The van der Waals surface area contributed by atoms with Crippen LogP contribution in [-0.2, 0) is 32.9 Å². The first-order valence-electron chi connectivity index (χ1n) is 7.51. The van der Waals surface area contributed by atoms with Gasteiger partial charge in [-0.1, -0.05) is 19.1 Å². The number of sulfonamides is 2. The zero-order chi connectivity index (χ0) is 17.5. The van der Waals surface area contributed by atoms with E-state index in [-0.39, 0.29) is 16.3 Å². The smallest absolute Gasteiger partial charge is 0.264 e. The van der Waals surface area contributed by atoms with Gasteiger partial charge in [0, 0.05) is 6.54 Å². The zero-order valence-corrected chi connectivity index (χ0v) is 14.8. The van der Waals surface area contributed by atoms with Gasteiger partial charge in [0.1, 0.15) is 0 Å². The van der Waals surface area contributed by atoms with Crippen molar-refractivity contribution in [3.8, 4) is 0 Å². The van der Waals surface area contributed by atoms with Crippen molar-refractivity contribution in [1.29, 1.82) is 0 Å². The molecule has 0 saturated heterocycles. The molecule has 128 valence electrons. The Balaban J connectivity index is 2.00. The number of benzene rings is 2. The fourth-order valence-electron chi connectivity index (χ4n) is 2.80. The van der Waals surface area contributed by atoms with Crippen LogP contribution in [0.2, 0.25) is 0 Å². The van der Waals surface area contributed by atoms with E-state index in [2.05, 4.69) is 0 Å². The zero-order valence-electron chi connectivity index (χ0n) is 13.1. The molecule has 0 spiro atoms. The highest BCUT2D eigenvalue weighted by Crippen LogP contribution is 2.34. The predicted molar refractivity (Wildman–Crippen MR) is 91.9 cm³/mol. The Morgan fingerprint density at radius 2 is 1.62 bits per heavy atom. The topological polar surface area (TPSA) is 97.5 Å². The molecule has 2 N–H and O–H groups in total. The van der Waals surface area contributed by atoms with Crippen LogP contribution in [0.1, 0.15) is 18.1 Å². The van der Waals surface area contributed by atoms with E-state index >= 15 is 0 Å². The second-order valence-corrected chi connectivity index (χ2v) is 9.08. The fraction of sp³-hybridized carbons (Fsp3) is 0.250. The summed E-state index contributed by atoms with van der Waals surface area (Å²) in [6.07, 6.45) is 1.29. The first-order chi connectivity index (χ1) is 11.2. The van der Waals surface area contributed by atoms with E-state index in [4.69, 9.17) is 5.14 Å². The highest BCUT2D eigenvalue weighted by atomic mass is 32.2. The number of aryl methyl sites for hydroxylation is 1. The molecule has 0 aromatic heterocycles. The molecule has 0 unspecified atom stereocenters. The molecule has 1 aliphatic rings. The third kappa shape index (κ3) is 2.92. The Hall–Kier alpha value is -1.90. The van der Waals surface area contributed by atoms with Crippen molar-refractivity contribution in [3.05, 3.63) is 53.6 Å². The fourth-order valence-corrected chi connectivity index (χ4v) is 4.87. The van der Waals surface area contributed by atoms with Crippen molar-refractivity contribution < 1.29 is 16.8 Å². The number of fused-ring (bicyclic) bond motifs is 1. The van der Waals surface area contributed by atoms with Gasteiger partial charge in [-0.15, -0.1) is 0 Å². The van der Waals surface area contributed by atoms with Crippen LogP contribution in [0, 0.1) is 0 Å². The second-order valence-electron chi connectivity index (χ2n) is 5.66. The summed E-state index contributed by atoms with van der Waals surface area (Å²) >= 11 is 0. The third-order valence-corrected chi connectivity index (χ3v) is 6.89. The van der Waals surface area contributed by atoms with Gasteiger partial charge in [0.25, 0.3) is 10.0 Å². The van der Waals surface area contributed by atoms with Crippen LogP contribution < -0.4 is 9.44 Å². The normalized spacial score (nSPS) is 14.7.